The van der Waals surface area contributed by atoms with E-state index in [1.54, 1.807) is 18.4 Å². The predicted molar refractivity (Wildman–Crippen MR) is 85.8 cm³/mol. The van der Waals surface area contributed by atoms with Crippen LogP contribution in [0, 0.1) is 0 Å². The van der Waals surface area contributed by atoms with E-state index < -0.39 is 0 Å². The lowest BCUT2D eigenvalue weighted by molar-refractivity contribution is 0.194. The lowest BCUT2D eigenvalue weighted by Crippen LogP contribution is -2.06. The van der Waals surface area contributed by atoms with Gasteiger partial charge in [-0.25, -0.2) is 9.97 Å². The van der Waals surface area contributed by atoms with Crippen LogP contribution in [-0.2, 0) is 17.6 Å². The molecule has 2 rings (SSSR count). The zero-order valence-electron chi connectivity index (χ0n) is 12.5. The minimum Gasteiger partial charge on any atom is -0.385 e. The van der Waals surface area contributed by atoms with Crippen LogP contribution in [0.2, 0.25) is 0 Å². The van der Waals surface area contributed by atoms with Gasteiger partial charge in [-0.15, -0.1) is 11.3 Å². The van der Waals surface area contributed by atoms with Crippen molar-refractivity contribution in [3.8, 4) is 0 Å². The Morgan fingerprint density at radius 1 is 1.30 bits per heavy atom. The molecule has 0 spiro atoms. The molecule has 20 heavy (non-hydrogen) atoms. The smallest absolute Gasteiger partial charge is 0.138 e. The third-order valence-electron chi connectivity index (χ3n) is 3.13. The Labute approximate surface area is 124 Å². The van der Waals surface area contributed by atoms with Gasteiger partial charge in [-0.05, 0) is 25.3 Å². The van der Waals surface area contributed by atoms with Crippen molar-refractivity contribution in [3.05, 3.63) is 16.8 Å². The molecule has 0 unspecified atom stereocenters. The molecule has 0 fully saturated rings. The molecule has 0 aliphatic carbocycles. The quantitative estimate of drug-likeness (QED) is 0.755. The molecule has 2 aromatic rings. The zero-order valence-corrected chi connectivity index (χ0v) is 13.3. The first-order chi connectivity index (χ1) is 9.78. The molecule has 0 aromatic carbocycles. The van der Waals surface area contributed by atoms with Gasteiger partial charge in [0, 0.05) is 31.6 Å². The number of nitrogens with one attached hydrogen (secondary N) is 1. The molecule has 2 aromatic heterocycles. The Morgan fingerprint density at radius 2 is 2.15 bits per heavy atom. The van der Waals surface area contributed by atoms with E-state index in [-0.39, 0.29) is 0 Å². The van der Waals surface area contributed by atoms with Crippen molar-refractivity contribution in [2.24, 2.45) is 0 Å². The molecule has 0 bridgehead atoms. The van der Waals surface area contributed by atoms with Crippen LogP contribution in [0.15, 0.2) is 6.07 Å². The molecule has 1 N–H and O–H groups in total. The highest BCUT2D eigenvalue weighted by Gasteiger charge is 2.11. The number of anilines is 1. The van der Waals surface area contributed by atoms with E-state index in [0.29, 0.717) is 0 Å². The average Bonchev–Trinajstić information content (AvgIpc) is 2.88. The summed E-state index contributed by atoms with van der Waals surface area (Å²) in [4.78, 5) is 11.8. The molecule has 0 saturated carbocycles. The van der Waals surface area contributed by atoms with Crippen molar-refractivity contribution in [1.29, 1.82) is 0 Å². The van der Waals surface area contributed by atoms with Crippen molar-refractivity contribution < 1.29 is 4.74 Å². The van der Waals surface area contributed by atoms with Gasteiger partial charge in [-0.3, -0.25) is 0 Å². The summed E-state index contributed by atoms with van der Waals surface area (Å²) in [5, 5.41) is 4.59. The van der Waals surface area contributed by atoms with Crippen LogP contribution < -0.4 is 5.32 Å². The summed E-state index contributed by atoms with van der Waals surface area (Å²) in [6.45, 7) is 6.04. The number of fused-ring (bicyclic) bond motifs is 1. The maximum absolute atomic E-state index is 5.10. The number of hydrogen-bond donors (Lipinski definition) is 1. The van der Waals surface area contributed by atoms with Crippen LogP contribution in [-0.4, -0.2) is 30.2 Å². The van der Waals surface area contributed by atoms with E-state index in [4.69, 9.17) is 9.72 Å². The fourth-order valence-electron chi connectivity index (χ4n) is 2.05. The van der Waals surface area contributed by atoms with Gasteiger partial charge >= 0.3 is 0 Å². The summed E-state index contributed by atoms with van der Waals surface area (Å²) < 4.78 is 5.10. The summed E-state index contributed by atoms with van der Waals surface area (Å²) in [6.07, 6.45) is 3.97. The summed E-state index contributed by atoms with van der Waals surface area (Å²) in [5.74, 6) is 1.90. The molecule has 0 atom stereocenters. The SMILES string of the molecule is CCCNc1nc(CCCOC)nc2sc(CC)cc12. The van der Waals surface area contributed by atoms with Crippen LogP contribution in [0.4, 0.5) is 5.82 Å². The topological polar surface area (TPSA) is 47.0 Å². The fourth-order valence-corrected chi connectivity index (χ4v) is 3.04. The van der Waals surface area contributed by atoms with Crippen molar-refractivity contribution in [2.75, 3.05) is 25.6 Å². The Hall–Kier alpha value is -1.20. The van der Waals surface area contributed by atoms with Crippen LogP contribution in [0.1, 0.15) is 37.4 Å². The molecule has 110 valence electrons. The van der Waals surface area contributed by atoms with Crippen LogP contribution >= 0.6 is 11.3 Å². The van der Waals surface area contributed by atoms with Gasteiger partial charge < -0.3 is 10.1 Å². The first-order valence-electron chi connectivity index (χ1n) is 7.30. The lowest BCUT2D eigenvalue weighted by atomic mass is 10.2. The molecule has 5 heteroatoms. The van der Waals surface area contributed by atoms with Crippen molar-refractivity contribution in [1.82, 2.24) is 9.97 Å². The molecule has 0 saturated heterocycles. The summed E-state index contributed by atoms with van der Waals surface area (Å²) in [6, 6.07) is 2.22. The molecule has 2 heterocycles. The van der Waals surface area contributed by atoms with E-state index in [0.717, 1.165) is 60.7 Å². The second kappa shape index (κ2) is 7.55. The van der Waals surface area contributed by atoms with Crippen molar-refractivity contribution in [2.45, 2.75) is 39.5 Å². The van der Waals surface area contributed by atoms with Crippen LogP contribution in [0.3, 0.4) is 0 Å². The highest BCUT2D eigenvalue weighted by Crippen LogP contribution is 2.29. The standard InChI is InChI=1S/C15H23N3OS/c1-4-8-16-14-12-10-11(5-2)20-15(12)18-13(17-14)7-6-9-19-3/h10H,4-9H2,1-3H3,(H,16,17,18). The fraction of sp³-hybridized carbons (Fsp3) is 0.600. The molecule has 0 radical (unpaired) electrons. The number of hydrogen-bond acceptors (Lipinski definition) is 5. The normalized spacial score (nSPS) is 11.2. The minimum absolute atomic E-state index is 0.754. The Balaban J connectivity index is 2.29. The van der Waals surface area contributed by atoms with E-state index >= 15 is 0 Å². The largest absolute Gasteiger partial charge is 0.385 e. The summed E-state index contributed by atoms with van der Waals surface area (Å²) in [5.41, 5.74) is 0. The number of rotatable bonds is 8. The number of aryl methyl sites for hydroxylation is 2. The summed E-state index contributed by atoms with van der Waals surface area (Å²) >= 11 is 1.78. The number of methoxy groups -OCH3 is 1. The van der Waals surface area contributed by atoms with Gasteiger partial charge in [0.15, 0.2) is 0 Å². The molecule has 0 aliphatic rings. The highest BCUT2D eigenvalue weighted by molar-refractivity contribution is 7.18. The minimum atomic E-state index is 0.754. The number of ether oxygens (including phenoxy) is 1. The second-order valence-electron chi connectivity index (χ2n) is 4.80. The van der Waals surface area contributed by atoms with E-state index in [2.05, 4.69) is 30.2 Å². The van der Waals surface area contributed by atoms with Crippen molar-refractivity contribution in [3.63, 3.8) is 0 Å². The molecule has 0 amide bonds. The predicted octanol–water partition coefficient (Wildman–Crippen LogP) is 3.65. The zero-order chi connectivity index (χ0) is 14.4. The van der Waals surface area contributed by atoms with Crippen LogP contribution in [0.5, 0.6) is 0 Å². The van der Waals surface area contributed by atoms with Gasteiger partial charge in [0.2, 0.25) is 0 Å². The van der Waals surface area contributed by atoms with Crippen molar-refractivity contribution >= 4 is 27.4 Å². The third kappa shape index (κ3) is 3.67. The summed E-state index contributed by atoms with van der Waals surface area (Å²) in [7, 11) is 1.73. The Morgan fingerprint density at radius 3 is 2.85 bits per heavy atom. The van der Waals surface area contributed by atoms with Gasteiger partial charge in [0.25, 0.3) is 0 Å². The maximum Gasteiger partial charge on any atom is 0.138 e. The lowest BCUT2D eigenvalue weighted by Gasteiger charge is -2.07. The van der Waals surface area contributed by atoms with Gasteiger partial charge in [-0.1, -0.05) is 13.8 Å². The monoisotopic (exact) mass is 293 g/mol. The third-order valence-corrected chi connectivity index (χ3v) is 4.30. The highest BCUT2D eigenvalue weighted by atomic mass is 32.1. The molecular weight excluding hydrogens is 270 g/mol. The van der Waals surface area contributed by atoms with Crippen LogP contribution in [0.25, 0.3) is 10.2 Å². The Bertz CT molecular complexity index is 553. The molecular formula is C15H23N3OS. The number of aromatic nitrogens is 2. The number of nitrogens with zero attached hydrogens (tertiary/aromatic N) is 2. The van der Waals surface area contributed by atoms with E-state index in [1.807, 2.05) is 0 Å². The van der Waals surface area contributed by atoms with Gasteiger partial charge in [0.1, 0.15) is 16.5 Å². The van der Waals surface area contributed by atoms with E-state index in [1.165, 1.54) is 4.88 Å². The first-order valence-corrected chi connectivity index (χ1v) is 8.12. The average molecular weight is 293 g/mol. The first kappa shape index (κ1) is 15.2. The number of thiophene rings is 1. The van der Waals surface area contributed by atoms with Gasteiger partial charge in [-0.2, -0.15) is 0 Å². The molecule has 0 aliphatic heterocycles. The molecule has 4 nitrogen and oxygen atoms in total. The van der Waals surface area contributed by atoms with Gasteiger partial charge in [0.05, 0.1) is 5.39 Å². The van der Waals surface area contributed by atoms with E-state index in [9.17, 15) is 0 Å². The second-order valence-corrected chi connectivity index (χ2v) is 5.91. The Kier molecular flexibility index (Phi) is 5.73. The maximum atomic E-state index is 5.10.